The molecule has 24 heavy (non-hydrogen) atoms. The first-order valence-corrected chi connectivity index (χ1v) is 8.94. The number of nitrogens with zero attached hydrogens (tertiary/aromatic N) is 2. The van der Waals surface area contributed by atoms with Gasteiger partial charge >= 0.3 is 0 Å². The summed E-state index contributed by atoms with van der Waals surface area (Å²) in [5.41, 5.74) is 0.707. The van der Waals surface area contributed by atoms with E-state index < -0.39 is 0 Å². The Morgan fingerprint density at radius 2 is 1.75 bits per heavy atom. The van der Waals surface area contributed by atoms with E-state index in [2.05, 4.69) is 33.2 Å². The second-order valence-electron chi connectivity index (χ2n) is 7.10. The minimum atomic E-state index is -0.222. The van der Waals surface area contributed by atoms with Crippen molar-refractivity contribution >= 4 is 34.0 Å². The highest BCUT2D eigenvalue weighted by atomic mass is 79.9. The molecule has 1 saturated heterocycles. The molecule has 5 nitrogen and oxygen atoms in total. The lowest BCUT2D eigenvalue weighted by Gasteiger charge is -2.37. The highest BCUT2D eigenvalue weighted by Crippen LogP contribution is 2.65. The third-order valence-electron chi connectivity index (χ3n) is 5.93. The third kappa shape index (κ3) is 1.83. The molecule has 6 rings (SSSR count). The van der Waals surface area contributed by atoms with Gasteiger partial charge in [0.25, 0.3) is 11.8 Å². The fraction of sp³-hybridized carbons (Fsp3) is 0.389. The Hall–Kier alpha value is -1.95. The van der Waals surface area contributed by atoms with E-state index in [4.69, 9.17) is 0 Å². The molecule has 1 aliphatic heterocycles. The molecule has 1 heterocycles. The van der Waals surface area contributed by atoms with Gasteiger partial charge in [0.05, 0.1) is 22.5 Å². The topological polar surface area (TPSA) is 70.0 Å². The van der Waals surface area contributed by atoms with Gasteiger partial charge in [-0.05, 0) is 69.8 Å². The molecule has 6 heteroatoms. The summed E-state index contributed by atoms with van der Waals surface area (Å²) in [5.74, 6) is 0.972. The van der Waals surface area contributed by atoms with E-state index in [-0.39, 0.29) is 41.2 Å². The zero-order valence-corrected chi connectivity index (χ0v) is 14.3. The van der Waals surface area contributed by atoms with Crippen LogP contribution in [0.25, 0.3) is 0 Å². The van der Waals surface area contributed by atoms with Crippen LogP contribution in [0.3, 0.4) is 0 Å². The standard InChI is InChI=1S/C18H15BrN2O3/c19-13-5-8(1-4-14(13)22)7-20-21-17(23)15-9-2-3-10(12-6-11(9)12)16(15)18(21)24/h1-5,7,9-12,15-16,22H,6H2. The molecule has 0 spiro atoms. The maximum atomic E-state index is 12.8. The number of benzene rings is 1. The van der Waals surface area contributed by atoms with Crippen molar-refractivity contribution in [2.24, 2.45) is 40.6 Å². The van der Waals surface area contributed by atoms with E-state index in [1.54, 1.807) is 12.1 Å². The molecule has 2 saturated carbocycles. The minimum Gasteiger partial charge on any atom is -0.507 e. The number of allylic oxidation sites excluding steroid dienone is 2. The van der Waals surface area contributed by atoms with Crippen LogP contribution >= 0.6 is 15.9 Å². The van der Waals surface area contributed by atoms with E-state index >= 15 is 0 Å². The van der Waals surface area contributed by atoms with Crippen molar-refractivity contribution in [3.05, 3.63) is 40.4 Å². The van der Waals surface area contributed by atoms with Crippen LogP contribution < -0.4 is 0 Å². The summed E-state index contributed by atoms with van der Waals surface area (Å²) < 4.78 is 0.543. The van der Waals surface area contributed by atoms with E-state index in [1.807, 2.05) is 0 Å². The van der Waals surface area contributed by atoms with Crippen molar-refractivity contribution in [3.63, 3.8) is 0 Å². The van der Waals surface area contributed by atoms with Gasteiger partial charge in [-0.3, -0.25) is 9.59 Å². The number of aromatic hydroxyl groups is 1. The van der Waals surface area contributed by atoms with Crippen LogP contribution in [0.4, 0.5) is 0 Å². The highest BCUT2D eigenvalue weighted by Gasteiger charge is 2.67. The lowest BCUT2D eigenvalue weighted by molar-refractivity contribution is -0.140. The Morgan fingerprint density at radius 1 is 1.12 bits per heavy atom. The Bertz CT molecular complexity index is 798. The summed E-state index contributed by atoms with van der Waals surface area (Å²) in [6, 6.07) is 4.91. The molecule has 6 atom stereocenters. The first-order valence-electron chi connectivity index (χ1n) is 8.15. The fourth-order valence-electron chi connectivity index (χ4n) is 4.78. The Kier molecular flexibility index (Phi) is 2.87. The van der Waals surface area contributed by atoms with Crippen LogP contribution in [0.1, 0.15) is 12.0 Å². The molecule has 0 aromatic heterocycles. The van der Waals surface area contributed by atoms with Crippen LogP contribution in [-0.2, 0) is 9.59 Å². The summed E-state index contributed by atoms with van der Waals surface area (Å²) in [6.07, 6.45) is 6.94. The van der Waals surface area contributed by atoms with Crippen LogP contribution in [-0.4, -0.2) is 28.1 Å². The molecule has 4 aliphatic carbocycles. The number of carbonyl (C=O) groups is 2. The van der Waals surface area contributed by atoms with E-state index in [0.29, 0.717) is 21.9 Å². The summed E-state index contributed by atoms with van der Waals surface area (Å²) in [5, 5.41) is 14.8. The average molecular weight is 387 g/mol. The maximum Gasteiger partial charge on any atom is 0.254 e. The number of phenols is 1. The minimum absolute atomic E-state index is 0.133. The molecule has 2 amide bonds. The largest absolute Gasteiger partial charge is 0.507 e. The lowest BCUT2D eigenvalue weighted by atomic mass is 9.63. The Morgan fingerprint density at radius 3 is 2.33 bits per heavy atom. The molecule has 0 radical (unpaired) electrons. The molecule has 1 aromatic carbocycles. The SMILES string of the molecule is O=C1C2C3C=CC(C4CC34)C2C(=O)N1N=Cc1ccc(O)c(Br)c1. The van der Waals surface area contributed by atoms with E-state index in [1.165, 1.54) is 12.3 Å². The number of hydrazone groups is 1. The zero-order chi connectivity index (χ0) is 16.6. The number of imide groups is 1. The van der Waals surface area contributed by atoms with Crippen LogP contribution in [0, 0.1) is 35.5 Å². The number of hydrogen-bond donors (Lipinski definition) is 1. The summed E-state index contributed by atoms with van der Waals surface area (Å²) in [7, 11) is 0. The molecule has 1 aromatic rings. The highest BCUT2D eigenvalue weighted by molar-refractivity contribution is 9.10. The maximum absolute atomic E-state index is 12.8. The number of phenolic OH excluding ortho intramolecular Hbond substituents is 1. The molecule has 122 valence electrons. The van der Waals surface area contributed by atoms with Crippen molar-refractivity contribution in [2.45, 2.75) is 6.42 Å². The average Bonchev–Trinajstić information content (AvgIpc) is 3.35. The van der Waals surface area contributed by atoms with Crippen molar-refractivity contribution in [1.29, 1.82) is 0 Å². The normalized spacial score (nSPS) is 38.8. The van der Waals surface area contributed by atoms with Crippen molar-refractivity contribution in [2.75, 3.05) is 0 Å². The predicted octanol–water partition coefficient (Wildman–Crippen LogP) is 2.54. The zero-order valence-electron chi connectivity index (χ0n) is 12.7. The first kappa shape index (κ1) is 14.4. The van der Waals surface area contributed by atoms with Gasteiger partial charge in [-0.2, -0.15) is 10.1 Å². The van der Waals surface area contributed by atoms with E-state index in [9.17, 15) is 14.7 Å². The van der Waals surface area contributed by atoms with Gasteiger partial charge < -0.3 is 5.11 Å². The summed E-state index contributed by atoms with van der Waals surface area (Å²) in [6.45, 7) is 0. The molecular formula is C18H15BrN2O3. The van der Waals surface area contributed by atoms with Gasteiger partial charge in [0.1, 0.15) is 5.75 Å². The summed E-state index contributed by atoms with van der Waals surface area (Å²) in [4.78, 5) is 25.5. The molecule has 6 unspecified atom stereocenters. The van der Waals surface area contributed by atoms with Gasteiger partial charge in [-0.15, -0.1) is 0 Å². The van der Waals surface area contributed by atoms with Gasteiger partial charge in [-0.25, -0.2) is 0 Å². The second kappa shape index (κ2) is 4.79. The molecule has 1 N–H and O–H groups in total. The number of rotatable bonds is 2. The number of hydrogen-bond acceptors (Lipinski definition) is 4. The quantitative estimate of drug-likeness (QED) is 0.482. The van der Waals surface area contributed by atoms with Gasteiger partial charge in [0.15, 0.2) is 0 Å². The van der Waals surface area contributed by atoms with Crippen molar-refractivity contribution in [1.82, 2.24) is 5.01 Å². The Balaban J connectivity index is 1.44. The smallest absolute Gasteiger partial charge is 0.254 e. The molecule has 2 bridgehead atoms. The lowest BCUT2D eigenvalue weighted by Crippen LogP contribution is -2.40. The van der Waals surface area contributed by atoms with Crippen LogP contribution in [0.2, 0.25) is 0 Å². The number of amides is 2. The van der Waals surface area contributed by atoms with E-state index in [0.717, 1.165) is 11.4 Å². The summed E-state index contributed by atoms with van der Waals surface area (Å²) >= 11 is 3.24. The Labute approximate surface area is 147 Å². The third-order valence-corrected chi connectivity index (χ3v) is 6.57. The predicted molar refractivity (Wildman–Crippen MR) is 90.0 cm³/mol. The van der Waals surface area contributed by atoms with Gasteiger partial charge in [0.2, 0.25) is 0 Å². The second-order valence-corrected chi connectivity index (χ2v) is 7.95. The monoisotopic (exact) mass is 386 g/mol. The van der Waals surface area contributed by atoms with Gasteiger partial charge in [-0.1, -0.05) is 12.2 Å². The first-order chi connectivity index (χ1) is 11.6. The van der Waals surface area contributed by atoms with Crippen molar-refractivity contribution in [3.8, 4) is 5.75 Å². The van der Waals surface area contributed by atoms with Gasteiger partial charge in [0, 0.05) is 0 Å². The molecular weight excluding hydrogens is 372 g/mol. The van der Waals surface area contributed by atoms with Crippen LogP contribution in [0.5, 0.6) is 5.75 Å². The number of carbonyl (C=O) groups excluding carboxylic acids is 2. The molecule has 5 aliphatic rings. The number of halogens is 1. The fourth-order valence-corrected chi connectivity index (χ4v) is 5.18. The van der Waals surface area contributed by atoms with Crippen LogP contribution in [0.15, 0.2) is 39.9 Å². The molecule has 3 fully saturated rings. The van der Waals surface area contributed by atoms with Crippen molar-refractivity contribution < 1.29 is 14.7 Å².